The molecule has 0 saturated heterocycles. The lowest BCUT2D eigenvalue weighted by molar-refractivity contribution is 0.195. The molecule has 1 atom stereocenters. The minimum absolute atomic E-state index is 0.189. The normalized spacial score (nSPS) is 13.6. The molecule has 7 heteroatoms. The van der Waals surface area contributed by atoms with Crippen LogP contribution in [0.5, 0.6) is 0 Å². The van der Waals surface area contributed by atoms with Gasteiger partial charge >= 0.3 is 0 Å². The third-order valence-corrected chi connectivity index (χ3v) is 6.06. The highest BCUT2D eigenvalue weighted by atomic mass is 32.2. The number of aliphatic hydroxyl groups excluding tert-OH is 1. The second-order valence-electron chi connectivity index (χ2n) is 4.40. The number of rotatable bonds is 6. The molecule has 1 heterocycles. The Morgan fingerprint density at radius 3 is 2.55 bits per heavy atom. The highest BCUT2D eigenvalue weighted by molar-refractivity contribution is 7.91. The van der Waals surface area contributed by atoms with Crippen LogP contribution in [0.4, 0.5) is 0 Å². The molecule has 0 spiro atoms. The topological polar surface area (TPSA) is 70.5 Å². The summed E-state index contributed by atoms with van der Waals surface area (Å²) in [6.07, 6.45) is 1.46. The van der Waals surface area contributed by atoms with Gasteiger partial charge in [-0.15, -0.1) is 0 Å². The molecular weight excluding hydrogens is 296 g/mol. The second-order valence-corrected chi connectivity index (χ2v) is 7.35. The predicted octanol–water partition coefficient (Wildman–Crippen LogP) is 1.71. The molecule has 20 heavy (non-hydrogen) atoms. The molecule has 2 rings (SSSR count). The number of benzene rings is 1. The molecule has 0 aliphatic rings. The molecule has 0 radical (unpaired) electrons. The minimum atomic E-state index is -3.64. The third kappa shape index (κ3) is 3.24. The molecule has 5 nitrogen and oxygen atoms in total. The fourth-order valence-electron chi connectivity index (χ4n) is 1.78. The number of sulfonamides is 1. The van der Waals surface area contributed by atoms with Gasteiger partial charge in [-0.25, -0.2) is 8.42 Å². The molecule has 0 bridgehead atoms. The van der Waals surface area contributed by atoms with Crippen molar-refractivity contribution in [3.05, 3.63) is 48.2 Å². The Balaban J connectivity index is 2.34. The number of hydrogen-bond acceptors (Lipinski definition) is 5. The summed E-state index contributed by atoms with van der Waals surface area (Å²) < 4.78 is 30.5. The lowest BCUT2D eigenvalue weighted by Crippen LogP contribution is -2.39. The zero-order valence-electron chi connectivity index (χ0n) is 11.0. The molecule has 1 unspecified atom stereocenters. The van der Waals surface area contributed by atoms with Gasteiger partial charge in [0.25, 0.3) is 10.0 Å². The summed E-state index contributed by atoms with van der Waals surface area (Å²) in [7, 11) is -3.64. The molecule has 1 aromatic carbocycles. The van der Waals surface area contributed by atoms with Crippen LogP contribution in [0, 0.1) is 0 Å². The largest absolute Gasteiger partial charge is 0.395 e. The van der Waals surface area contributed by atoms with Crippen LogP contribution in [0.1, 0.15) is 12.5 Å². The predicted molar refractivity (Wildman–Crippen MR) is 77.8 cm³/mol. The highest BCUT2D eigenvalue weighted by Gasteiger charge is 2.30. The van der Waals surface area contributed by atoms with Gasteiger partial charge < -0.3 is 5.11 Å². The quantitative estimate of drug-likeness (QED) is 0.881. The summed E-state index contributed by atoms with van der Waals surface area (Å²) in [5.41, 5.74) is 0.876. The summed E-state index contributed by atoms with van der Waals surface area (Å²) in [5, 5.41) is 9.33. The Morgan fingerprint density at radius 2 is 2.00 bits per heavy atom. The first-order valence-electron chi connectivity index (χ1n) is 6.13. The standard InChI is InChI=1S/C13H16N2O3S2/c1-11(10-16)15(9-12-5-3-2-4-6-12)20(17,18)13-7-8-14-19-13/h2-8,11,16H,9-10H2,1H3. The van der Waals surface area contributed by atoms with E-state index in [-0.39, 0.29) is 17.4 Å². The monoisotopic (exact) mass is 312 g/mol. The second kappa shape index (κ2) is 6.45. The number of hydrogen-bond donors (Lipinski definition) is 1. The first-order valence-corrected chi connectivity index (χ1v) is 8.34. The Morgan fingerprint density at radius 1 is 1.30 bits per heavy atom. The van der Waals surface area contributed by atoms with Crippen LogP contribution in [-0.2, 0) is 16.6 Å². The van der Waals surface area contributed by atoms with E-state index in [0.29, 0.717) is 0 Å². The van der Waals surface area contributed by atoms with Crippen molar-refractivity contribution in [1.82, 2.24) is 8.68 Å². The van der Waals surface area contributed by atoms with Crippen LogP contribution < -0.4 is 0 Å². The van der Waals surface area contributed by atoms with Gasteiger partial charge in [0.05, 0.1) is 6.61 Å². The van der Waals surface area contributed by atoms with Crippen LogP contribution >= 0.6 is 11.5 Å². The number of aromatic nitrogens is 1. The van der Waals surface area contributed by atoms with Gasteiger partial charge in [0.2, 0.25) is 0 Å². The fraction of sp³-hybridized carbons (Fsp3) is 0.308. The van der Waals surface area contributed by atoms with Crippen molar-refractivity contribution in [2.75, 3.05) is 6.61 Å². The zero-order valence-corrected chi connectivity index (χ0v) is 12.6. The van der Waals surface area contributed by atoms with Crippen molar-refractivity contribution in [3.8, 4) is 0 Å². The van der Waals surface area contributed by atoms with Crippen molar-refractivity contribution in [2.24, 2.45) is 0 Å². The van der Waals surface area contributed by atoms with Gasteiger partial charge in [-0.2, -0.15) is 8.68 Å². The van der Waals surface area contributed by atoms with E-state index in [9.17, 15) is 13.5 Å². The zero-order chi connectivity index (χ0) is 14.6. The van der Waals surface area contributed by atoms with Crippen LogP contribution in [0.15, 0.2) is 46.8 Å². The van der Waals surface area contributed by atoms with Crippen molar-refractivity contribution in [1.29, 1.82) is 0 Å². The van der Waals surface area contributed by atoms with E-state index >= 15 is 0 Å². The van der Waals surface area contributed by atoms with Gasteiger partial charge in [0.15, 0.2) is 4.21 Å². The van der Waals surface area contributed by atoms with Gasteiger partial charge in [0.1, 0.15) is 0 Å². The molecule has 1 aromatic heterocycles. The molecule has 1 N–H and O–H groups in total. The lowest BCUT2D eigenvalue weighted by Gasteiger charge is -2.26. The van der Waals surface area contributed by atoms with Gasteiger partial charge in [-0.05, 0) is 30.1 Å². The highest BCUT2D eigenvalue weighted by Crippen LogP contribution is 2.23. The van der Waals surface area contributed by atoms with Gasteiger partial charge in [-0.1, -0.05) is 30.3 Å². The summed E-state index contributed by atoms with van der Waals surface area (Å²) in [5.74, 6) is 0. The maximum atomic E-state index is 12.6. The van der Waals surface area contributed by atoms with Crippen molar-refractivity contribution >= 4 is 21.6 Å². The smallest absolute Gasteiger partial charge is 0.254 e. The van der Waals surface area contributed by atoms with E-state index < -0.39 is 16.1 Å². The first-order chi connectivity index (χ1) is 9.55. The van der Waals surface area contributed by atoms with Crippen molar-refractivity contribution in [3.63, 3.8) is 0 Å². The lowest BCUT2D eigenvalue weighted by atomic mass is 10.2. The van der Waals surface area contributed by atoms with Gasteiger partial charge in [0, 0.05) is 18.8 Å². The Hall–Kier alpha value is -1.28. The van der Waals surface area contributed by atoms with E-state index in [1.807, 2.05) is 30.3 Å². The Kier molecular flexibility index (Phi) is 4.87. The molecule has 0 aliphatic heterocycles. The Bertz CT molecular complexity index is 627. The maximum Gasteiger partial charge on any atom is 0.254 e. The first kappa shape index (κ1) is 15.1. The van der Waals surface area contributed by atoms with Crippen LogP contribution in [0.25, 0.3) is 0 Å². The fourth-order valence-corrected chi connectivity index (χ4v) is 4.25. The average molecular weight is 312 g/mol. The minimum Gasteiger partial charge on any atom is -0.395 e. The maximum absolute atomic E-state index is 12.6. The summed E-state index contributed by atoms with van der Waals surface area (Å²) in [6.45, 7) is 1.68. The third-order valence-electron chi connectivity index (χ3n) is 2.91. The molecule has 2 aromatic rings. The van der Waals surface area contributed by atoms with Gasteiger partial charge in [-0.3, -0.25) is 0 Å². The van der Waals surface area contributed by atoms with E-state index in [4.69, 9.17) is 0 Å². The Labute approximate surface area is 122 Å². The van der Waals surface area contributed by atoms with Crippen molar-refractivity contribution in [2.45, 2.75) is 23.7 Å². The number of aliphatic hydroxyl groups is 1. The molecule has 0 aliphatic carbocycles. The molecule has 0 amide bonds. The SMILES string of the molecule is CC(CO)N(Cc1ccccc1)S(=O)(=O)c1ccns1. The number of nitrogens with zero attached hydrogens (tertiary/aromatic N) is 2. The molecule has 0 saturated carbocycles. The molecule has 0 fully saturated rings. The molecule has 108 valence electrons. The van der Waals surface area contributed by atoms with Crippen LogP contribution in [-0.4, -0.2) is 34.9 Å². The van der Waals surface area contributed by atoms with E-state index in [2.05, 4.69) is 4.37 Å². The summed E-state index contributed by atoms with van der Waals surface area (Å²) in [4.78, 5) is 0. The van der Waals surface area contributed by atoms with E-state index in [1.54, 1.807) is 6.92 Å². The van der Waals surface area contributed by atoms with Crippen LogP contribution in [0.2, 0.25) is 0 Å². The molecular formula is C13H16N2O3S2. The van der Waals surface area contributed by atoms with E-state index in [1.165, 1.54) is 16.6 Å². The van der Waals surface area contributed by atoms with Crippen LogP contribution in [0.3, 0.4) is 0 Å². The summed E-state index contributed by atoms with van der Waals surface area (Å²) >= 11 is 0.935. The van der Waals surface area contributed by atoms with E-state index in [0.717, 1.165) is 17.1 Å². The summed E-state index contributed by atoms with van der Waals surface area (Å²) in [6, 6.07) is 10.3. The van der Waals surface area contributed by atoms with Crippen molar-refractivity contribution < 1.29 is 13.5 Å². The average Bonchev–Trinajstić information content (AvgIpc) is 3.00.